The van der Waals surface area contributed by atoms with Crippen LogP contribution in [0.15, 0.2) is 119 Å². The summed E-state index contributed by atoms with van der Waals surface area (Å²) in [6.45, 7) is 21.0. The third kappa shape index (κ3) is 15.7. The van der Waals surface area contributed by atoms with Crippen LogP contribution in [0.5, 0.6) is 17.6 Å². The van der Waals surface area contributed by atoms with Gasteiger partial charge in [-0.3, -0.25) is 30.9 Å². The van der Waals surface area contributed by atoms with Crippen molar-refractivity contribution in [2.45, 2.75) is 47.0 Å². The van der Waals surface area contributed by atoms with Crippen LogP contribution in [0.3, 0.4) is 0 Å². The molecule has 3 saturated heterocycles. The minimum Gasteiger partial charge on any atom is -0.490 e. The molecule has 29 nitrogen and oxygen atoms in total. The van der Waals surface area contributed by atoms with Gasteiger partial charge in [-0.1, -0.05) is 24.6 Å². The maximum Gasteiger partial charge on any atom is 0.260 e. The monoisotopic (exact) mass is 1420 g/mol. The van der Waals surface area contributed by atoms with Crippen molar-refractivity contribution in [3.63, 3.8) is 0 Å². The first kappa shape index (κ1) is 72.0. The minimum absolute atomic E-state index is 0.102. The third-order valence-electron chi connectivity index (χ3n) is 19.1. The standard InChI is InChI=1S/C27H34N6O3.C25H30N6O4.C23H26N6O4/c1-18-19(2)31(3)26-22(35-15-13-32-10-6-4-7-11-32)17-20(24(28)23(18)26)29-25-21-9-5-8-12-33(21)30-27(25)36-16-14-34;1-16-17(2)27-24-20(34-13-9-30-7-11-33-12-8-30)15-18(22(26)21(16)24)28-23-19-5-3-4-6-31(19)29-25(23)35-14-10-32;24-20-16-4-5-25-21(16)19(32-13-9-28-7-11-31-12-8-28)15-17(20)26-22-18-3-1-2-6-29(18)27-23(22)33-14-10-30/h5,8-9,12,17,28,34H,4,6-7,10-11,13-16H2,1-3H3;3-6,15,26-27,32H,7-14H2,1-2H3;1-6,15,24-25,30H,7-14H2. The second-order valence-corrected chi connectivity index (χ2v) is 25.7. The van der Waals surface area contributed by atoms with Gasteiger partial charge in [-0.2, -0.15) is 0 Å². The summed E-state index contributed by atoms with van der Waals surface area (Å²) in [5.74, 6) is 2.97. The van der Waals surface area contributed by atoms with Crippen LogP contribution in [0.4, 0.5) is 17.1 Å². The van der Waals surface area contributed by atoms with Crippen molar-refractivity contribution in [3.05, 3.63) is 160 Å². The Morgan fingerprint density at radius 1 is 0.481 bits per heavy atom. The highest BCUT2D eigenvalue weighted by atomic mass is 16.5. The highest BCUT2D eigenvalue weighted by Crippen LogP contribution is 2.40. The van der Waals surface area contributed by atoms with Crippen molar-refractivity contribution < 1.29 is 53.2 Å². The van der Waals surface area contributed by atoms with Gasteiger partial charge in [0, 0.05) is 124 Å². The second kappa shape index (κ2) is 33.4. The molecule has 15 rings (SSSR count). The number of nitrogens with zero attached hydrogens (tertiary/aromatic N) is 13. The van der Waals surface area contributed by atoms with Gasteiger partial charge in [-0.05, 0) is 107 Å². The van der Waals surface area contributed by atoms with Gasteiger partial charge in [0.1, 0.15) is 56.9 Å². The molecule has 0 saturated carbocycles. The molecule has 12 heterocycles. The first-order valence-electron chi connectivity index (χ1n) is 35.4. The predicted molar refractivity (Wildman–Crippen MR) is 398 cm³/mol. The molecule has 0 aromatic carbocycles. The van der Waals surface area contributed by atoms with E-state index in [1.807, 2.05) is 113 Å². The van der Waals surface area contributed by atoms with Gasteiger partial charge in [-0.25, -0.2) is 28.5 Å². The molecule has 3 fully saturated rings. The Hall–Kier alpha value is -10.4. The SMILES string of the molecule is Cc1[nH]c2c(c1C)C(=N)C(=Nc1c(OCCO)nn3ccccc13)C=C2OCCN1CCOCC1.Cc1c2c(n(C)c1C)C(OCCN1CCCCC1)=CC(=Nc1c(OCCO)nn3ccccc13)C2=N.N=C1C(=Nc2c(OCCO)nn3ccccc23)C=C(OCCN2CCOCC2)c2[nH]ccc21. The van der Waals surface area contributed by atoms with E-state index in [-0.39, 0.29) is 45.4 Å². The number of hydrogen-bond acceptors (Lipinski definition) is 23. The normalized spacial score (nSPS) is 17.7. The number of likely N-dealkylation sites (tertiary alicyclic amines) is 1. The smallest absolute Gasteiger partial charge is 0.260 e. The average molecular weight is 1420 g/mol. The van der Waals surface area contributed by atoms with E-state index in [0.29, 0.717) is 94.6 Å². The lowest BCUT2D eigenvalue weighted by atomic mass is 9.95. The number of pyridine rings is 3. The van der Waals surface area contributed by atoms with Crippen LogP contribution in [-0.4, -0.2) is 252 Å². The van der Waals surface area contributed by atoms with Crippen molar-refractivity contribution in [1.82, 2.24) is 58.1 Å². The molecule has 29 heteroatoms. The van der Waals surface area contributed by atoms with Gasteiger partial charge in [0.05, 0.1) is 114 Å². The fourth-order valence-electron chi connectivity index (χ4n) is 13.3. The highest BCUT2D eigenvalue weighted by Gasteiger charge is 2.33. The predicted octanol–water partition coefficient (Wildman–Crippen LogP) is 8.03. The quantitative estimate of drug-likeness (QED) is 0.0284. The first-order chi connectivity index (χ1) is 50.8. The van der Waals surface area contributed by atoms with Crippen molar-refractivity contribution in [2.75, 3.05) is 145 Å². The zero-order valence-corrected chi connectivity index (χ0v) is 59.4. The molecule has 0 atom stereocenters. The second-order valence-electron chi connectivity index (χ2n) is 25.7. The Morgan fingerprint density at radius 3 is 1.38 bits per heavy atom. The number of ether oxygens (including phenoxy) is 8. The number of aromatic nitrogens is 9. The first-order valence-corrected chi connectivity index (χ1v) is 35.4. The average Bonchev–Trinajstić information content (AvgIpc) is 1.57. The summed E-state index contributed by atoms with van der Waals surface area (Å²) < 4.78 is 53.7. The Bertz CT molecular complexity index is 4790. The van der Waals surface area contributed by atoms with Crippen LogP contribution in [0, 0.1) is 43.9 Å². The number of piperidine rings is 1. The number of aromatic amines is 2. The van der Waals surface area contributed by atoms with E-state index < -0.39 is 0 Å². The maximum absolute atomic E-state index is 9.27. The van der Waals surface area contributed by atoms with Crippen LogP contribution >= 0.6 is 0 Å². The molecule has 0 unspecified atom stereocenters. The summed E-state index contributed by atoms with van der Waals surface area (Å²) in [4.78, 5) is 28.2. The summed E-state index contributed by atoms with van der Waals surface area (Å²) in [5.41, 5.74) is 15.2. The van der Waals surface area contributed by atoms with Crippen LogP contribution in [-0.2, 0) is 30.7 Å². The number of aliphatic imine (C=N–C) groups is 3. The van der Waals surface area contributed by atoms with E-state index >= 15 is 0 Å². The molecule has 9 aromatic heterocycles. The van der Waals surface area contributed by atoms with E-state index in [0.717, 1.165) is 164 Å². The number of allylic oxidation sites excluding steroid dienone is 3. The summed E-state index contributed by atoms with van der Waals surface area (Å²) in [7, 11) is 2.02. The van der Waals surface area contributed by atoms with Crippen molar-refractivity contribution in [3.8, 4) is 17.6 Å². The van der Waals surface area contributed by atoms with Crippen molar-refractivity contribution in [2.24, 2.45) is 22.0 Å². The largest absolute Gasteiger partial charge is 0.490 e. The topological polar surface area (TPSA) is 341 Å². The van der Waals surface area contributed by atoms with Gasteiger partial charge < -0.3 is 67.7 Å². The van der Waals surface area contributed by atoms with E-state index in [1.54, 1.807) is 32.0 Å². The number of aliphatic hydroxyl groups excluding tert-OH is 3. The molecular weight excluding hydrogens is 1330 g/mol. The molecule has 0 radical (unpaired) electrons. The van der Waals surface area contributed by atoms with Crippen LogP contribution in [0.25, 0.3) is 33.8 Å². The van der Waals surface area contributed by atoms with E-state index in [2.05, 4.69) is 51.5 Å². The molecule has 6 aliphatic rings. The van der Waals surface area contributed by atoms with Gasteiger partial charge in [0.25, 0.3) is 17.6 Å². The van der Waals surface area contributed by atoms with E-state index in [4.69, 9.17) is 69.1 Å². The molecule has 0 spiro atoms. The Labute approximate surface area is 601 Å². The number of nitrogens with one attached hydrogen (secondary N) is 5. The molecule has 104 heavy (non-hydrogen) atoms. The van der Waals surface area contributed by atoms with Gasteiger partial charge in [0.2, 0.25) is 0 Å². The van der Waals surface area contributed by atoms with Crippen LogP contribution < -0.4 is 14.2 Å². The summed E-state index contributed by atoms with van der Waals surface area (Å²) in [6.07, 6.45) is 16.5. The summed E-state index contributed by atoms with van der Waals surface area (Å²) in [5, 5.41) is 67.8. The van der Waals surface area contributed by atoms with Crippen LogP contribution in [0.2, 0.25) is 0 Å². The molecule has 0 bridgehead atoms. The van der Waals surface area contributed by atoms with E-state index in [9.17, 15) is 15.3 Å². The maximum atomic E-state index is 9.27. The van der Waals surface area contributed by atoms with Gasteiger partial charge in [-0.15, -0.1) is 15.3 Å². The lowest BCUT2D eigenvalue weighted by molar-refractivity contribution is 0.0304. The van der Waals surface area contributed by atoms with Crippen molar-refractivity contribution >= 4 is 85.2 Å². The molecular formula is C75H90N18O11. The number of morpholine rings is 2. The molecule has 8 N–H and O–H groups in total. The number of H-pyrrole nitrogens is 2. The zero-order valence-electron chi connectivity index (χ0n) is 59.4. The van der Waals surface area contributed by atoms with Crippen molar-refractivity contribution in [1.29, 1.82) is 16.2 Å². The Balaban J connectivity index is 0.000000139. The molecule has 3 aliphatic carbocycles. The lowest BCUT2D eigenvalue weighted by Gasteiger charge is -2.27. The number of aryl methyl sites for hydroxylation is 1. The number of aliphatic hydroxyl groups is 3. The highest BCUT2D eigenvalue weighted by molar-refractivity contribution is 6.55. The molecule has 546 valence electrons. The summed E-state index contributed by atoms with van der Waals surface area (Å²) in [6, 6.07) is 18.9. The lowest BCUT2D eigenvalue weighted by Crippen LogP contribution is -2.38. The fourth-order valence-corrected chi connectivity index (χ4v) is 13.3. The summed E-state index contributed by atoms with van der Waals surface area (Å²) >= 11 is 0. The number of rotatable bonds is 24. The van der Waals surface area contributed by atoms with E-state index in [1.165, 1.54) is 19.3 Å². The molecule has 3 aliphatic heterocycles. The minimum atomic E-state index is -0.133. The number of hydrogen-bond donors (Lipinski definition) is 8. The Kier molecular flexibility index (Phi) is 23.1. The fraction of sp³-hybridized carbons (Fsp3) is 0.400. The van der Waals surface area contributed by atoms with Gasteiger partial charge in [0.15, 0.2) is 17.1 Å². The molecule has 0 amide bonds. The third-order valence-corrected chi connectivity index (χ3v) is 19.1. The van der Waals surface area contributed by atoms with Crippen LogP contribution in [0.1, 0.15) is 75.5 Å². The Morgan fingerprint density at radius 2 is 0.904 bits per heavy atom. The molecule has 9 aromatic rings. The zero-order chi connectivity index (χ0) is 72.2. The van der Waals surface area contributed by atoms with Gasteiger partial charge >= 0.3 is 0 Å². The number of fused-ring (bicyclic) bond motifs is 6.